The molecular weight excluding hydrogens is 398 g/mol. The van der Waals surface area contributed by atoms with E-state index in [1.165, 1.54) is 0 Å². The minimum Gasteiger partial charge on any atom is -0.395 e. The number of nitrogen functional groups attached to an aromatic ring is 2. The fraction of sp³-hybridized carbons (Fsp3) is 0.0800. The Bertz CT molecular complexity index is 1330. The number of pyridine rings is 2. The largest absolute Gasteiger partial charge is 0.395 e. The molecule has 1 aliphatic heterocycles. The first kappa shape index (κ1) is 19.6. The molecule has 0 aliphatic carbocycles. The molecular formula is C25H23N7. The molecule has 158 valence electrons. The van der Waals surface area contributed by atoms with E-state index < -0.39 is 0 Å². The molecule has 7 nitrogen and oxygen atoms in total. The van der Waals surface area contributed by atoms with E-state index in [9.17, 15) is 0 Å². The maximum Gasteiger partial charge on any atom is 0.147 e. The van der Waals surface area contributed by atoms with Crippen LogP contribution in [-0.4, -0.2) is 26.1 Å². The summed E-state index contributed by atoms with van der Waals surface area (Å²) < 4.78 is 2.07. The van der Waals surface area contributed by atoms with E-state index in [1.54, 1.807) is 6.20 Å². The van der Waals surface area contributed by atoms with Gasteiger partial charge in [-0.3, -0.25) is 9.55 Å². The van der Waals surface area contributed by atoms with Crippen molar-refractivity contribution >= 4 is 17.2 Å². The van der Waals surface area contributed by atoms with Crippen LogP contribution in [0.1, 0.15) is 11.4 Å². The zero-order chi connectivity index (χ0) is 22.1. The molecule has 0 bridgehead atoms. The van der Waals surface area contributed by atoms with E-state index in [-0.39, 0.29) is 0 Å². The second-order valence-electron chi connectivity index (χ2n) is 7.60. The molecule has 5 rings (SSSR count). The van der Waals surface area contributed by atoms with Crippen molar-refractivity contribution in [1.29, 1.82) is 0 Å². The Morgan fingerprint density at radius 3 is 2.50 bits per heavy atom. The van der Waals surface area contributed by atoms with Gasteiger partial charge in [0.05, 0.1) is 23.3 Å². The zero-order valence-corrected chi connectivity index (χ0v) is 17.7. The summed E-state index contributed by atoms with van der Waals surface area (Å²) in [6.45, 7) is 2.76. The van der Waals surface area contributed by atoms with Crippen molar-refractivity contribution in [2.45, 2.75) is 6.92 Å². The number of anilines is 2. The fourth-order valence-electron chi connectivity index (χ4n) is 3.69. The van der Waals surface area contributed by atoms with E-state index in [0.717, 1.165) is 51.8 Å². The predicted octanol–water partition coefficient (Wildman–Crippen LogP) is 3.97. The van der Waals surface area contributed by atoms with Crippen LogP contribution in [0.25, 0.3) is 33.9 Å². The van der Waals surface area contributed by atoms with E-state index in [4.69, 9.17) is 16.5 Å². The SMILES string of the molecule is Cc1ccc(-n2cc(C3=CC=CCN3)nc2-c2ccc(-c3ccnc(N)c3N)cc2)cn1. The number of benzene rings is 1. The molecule has 0 saturated carbocycles. The maximum atomic E-state index is 6.13. The molecule has 5 N–H and O–H groups in total. The van der Waals surface area contributed by atoms with Crippen LogP contribution in [0, 0.1) is 6.92 Å². The van der Waals surface area contributed by atoms with Crippen LogP contribution in [-0.2, 0) is 0 Å². The quantitative estimate of drug-likeness (QED) is 0.460. The van der Waals surface area contributed by atoms with Gasteiger partial charge in [-0.15, -0.1) is 0 Å². The third-order valence-electron chi connectivity index (χ3n) is 5.44. The number of nitrogens with two attached hydrogens (primary N) is 2. The van der Waals surface area contributed by atoms with Crippen molar-refractivity contribution < 1.29 is 0 Å². The van der Waals surface area contributed by atoms with Crippen LogP contribution in [0.4, 0.5) is 11.5 Å². The summed E-state index contributed by atoms with van der Waals surface area (Å²) in [6, 6.07) is 14.0. The van der Waals surface area contributed by atoms with Crippen LogP contribution in [0.5, 0.6) is 0 Å². The molecule has 0 spiro atoms. The van der Waals surface area contributed by atoms with Crippen LogP contribution >= 0.6 is 0 Å². The molecule has 1 aliphatic rings. The van der Waals surface area contributed by atoms with Crippen molar-refractivity contribution in [1.82, 2.24) is 24.8 Å². The van der Waals surface area contributed by atoms with Gasteiger partial charge in [0, 0.05) is 35.8 Å². The summed E-state index contributed by atoms with van der Waals surface area (Å²) in [7, 11) is 0. The van der Waals surface area contributed by atoms with Crippen molar-refractivity contribution in [3.05, 3.63) is 90.7 Å². The number of hydrogen-bond acceptors (Lipinski definition) is 6. The monoisotopic (exact) mass is 421 g/mol. The lowest BCUT2D eigenvalue weighted by Gasteiger charge is -2.10. The van der Waals surface area contributed by atoms with Gasteiger partial charge in [0.25, 0.3) is 0 Å². The molecule has 0 fully saturated rings. The highest BCUT2D eigenvalue weighted by Crippen LogP contribution is 2.31. The number of dihydropyridines is 1. The maximum absolute atomic E-state index is 6.13. The molecule has 0 atom stereocenters. The molecule has 0 amide bonds. The van der Waals surface area contributed by atoms with Crippen LogP contribution in [0.15, 0.2) is 79.3 Å². The lowest BCUT2D eigenvalue weighted by atomic mass is 10.0. The Labute approximate surface area is 186 Å². The fourth-order valence-corrected chi connectivity index (χ4v) is 3.69. The van der Waals surface area contributed by atoms with Gasteiger partial charge in [-0.2, -0.15) is 0 Å². The Morgan fingerprint density at radius 1 is 0.969 bits per heavy atom. The standard InChI is InChI=1S/C25H23N7/c1-16-5-10-19(14-30-16)32-15-22(21-4-2-3-12-28-21)31-25(32)18-8-6-17(7-9-18)20-11-13-29-24(27)23(20)26/h2-11,13-15,28H,12,26H2,1H3,(H2,27,29). The molecule has 0 saturated heterocycles. The van der Waals surface area contributed by atoms with Gasteiger partial charge >= 0.3 is 0 Å². The first-order valence-corrected chi connectivity index (χ1v) is 10.3. The van der Waals surface area contributed by atoms with Gasteiger partial charge in [-0.25, -0.2) is 9.97 Å². The van der Waals surface area contributed by atoms with Crippen molar-refractivity contribution in [3.63, 3.8) is 0 Å². The summed E-state index contributed by atoms with van der Waals surface area (Å²) in [5.41, 5.74) is 19.1. The average molecular weight is 422 g/mol. The van der Waals surface area contributed by atoms with Gasteiger partial charge in [0.1, 0.15) is 17.3 Å². The number of rotatable bonds is 4. The van der Waals surface area contributed by atoms with Crippen LogP contribution in [0.3, 0.4) is 0 Å². The molecule has 0 unspecified atom stereocenters. The molecule has 7 heteroatoms. The average Bonchev–Trinajstić information content (AvgIpc) is 3.28. The normalized spacial score (nSPS) is 13.0. The summed E-state index contributed by atoms with van der Waals surface area (Å²) in [5.74, 6) is 1.16. The third kappa shape index (κ3) is 3.60. The Kier molecular flexibility index (Phi) is 4.91. The van der Waals surface area contributed by atoms with Crippen molar-refractivity contribution in [2.75, 3.05) is 18.0 Å². The number of nitrogens with one attached hydrogen (secondary N) is 1. The van der Waals surface area contributed by atoms with E-state index >= 15 is 0 Å². The zero-order valence-electron chi connectivity index (χ0n) is 17.7. The molecule has 1 aromatic carbocycles. The summed E-state index contributed by atoms with van der Waals surface area (Å²) in [5, 5.41) is 3.38. The Morgan fingerprint density at radius 2 is 1.78 bits per heavy atom. The minimum atomic E-state index is 0.334. The summed E-state index contributed by atoms with van der Waals surface area (Å²) in [4.78, 5) is 13.5. The van der Waals surface area contributed by atoms with Gasteiger partial charge in [-0.05, 0) is 36.8 Å². The Balaban J connectivity index is 1.59. The molecule has 0 radical (unpaired) electrons. The highest BCUT2D eigenvalue weighted by atomic mass is 15.1. The van der Waals surface area contributed by atoms with Gasteiger partial charge < -0.3 is 16.8 Å². The lowest BCUT2D eigenvalue weighted by molar-refractivity contribution is 0.985. The smallest absolute Gasteiger partial charge is 0.147 e. The van der Waals surface area contributed by atoms with E-state index in [2.05, 4.69) is 32.0 Å². The van der Waals surface area contributed by atoms with Gasteiger partial charge in [0.15, 0.2) is 0 Å². The predicted molar refractivity (Wildman–Crippen MR) is 129 cm³/mol. The molecule has 3 aromatic heterocycles. The first-order valence-electron chi connectivity index (χ1n) is 10.3. The van der Waals surface area contributed by atoms with Gasteiger partial charge in [0.2, 0.25) is 0 Å². The van der Waals surface area contributed by atoms with Crippen molar-refractivity contribution in [3.8, 4) is 28.2 Å². The Hall–Kier alpha value is -4.39. The highest BCUT2D eigenvalue weighted by molar-refractivity contribution is 5.83. The molecule has 32 heavy (non-hydrogen) atoms. The second-order valence-corrected chi connectivity index (χ2v) is 7.60. The van der Waals surface area contributed by atoms with E-state index in [0.29, 0.717) is 11.5 Å². The number of aromatic nitrogens is 4. The topological polar surface area (TPSA) is 108 Å². The minimum absolute atomic E-state index is 0.334. The second kappa shape index (κ2) is 8.03. The summed E-state index contributed by atoms with van der Waals surface area (Å²) in [6.07, 6.45) is 11.7. The highest BCUT2D eigenvalue weighted by Gasteiger charge is 2.16. The lowest BCUT2D eigenvalue weighted by Crippen LogP contribution is -2.14. The summed E-state index contributed by atoms with van der Waals surface area (Å²) >= 11 is 0. The van der Waals surface area contributed by atoms with E-state index in [1.807, 2.05) is 67.9 Å². The number of aryl methyl sites for hydroxylation is 1. The van der Waals surface area contributed by atoms with Crippen LogP contribution in [0.2, 0.25) is 0 Å². The molecule has 4 aromatic rings. The van der Waals surface area contributed by atoms with Gasteiger partial charge in [-0.1, -0.05) is 36.4 Å². The molecule has 4 heterocycles. The number of hydrogen-bond donors (Lipinski definition) is 3. The third-order valence-corrected chi connectivity index (χ3v) is 5.44. The van der Waals surface area contributed by atoms with Crippen molar-refractivity contribution in [2.24, 2.45) is 0 Å². The number of allylic oxidation sites excluding steroid dienone is 2. The van der Waals surface area contributed by atoms with Crippen LogP contribution < -0.4 is 16.8 Å². The first-order chi connectivity index (χ1) is 15.6. The number of nitrogens with zero attached hydrogens (tertiary/aromatic N) is 4. The number of imidazole rings is 1.